The Morgan fingerprint density at radius 1 is 1.38 bits per heavy atom. The normalized spacial score (nSPS) is 9.46. The van der Waals surface area contributed by atoms with Crippen molar-refractivity contribution >= 4 is 29.7 Å². The molecule has 0 amide bonds. The predicted octanol–water partition coefficient (Wildman–Crippen LogP) is 2.45. The quantitative estimate of drug-likeness (QED) is 0.784. The first-order valence-electron chi connectivity index (χ1n) is 3.26. The number of ether oxygens (including phenoxy) is 2. The number of benzene rings is 1. The molecule has 0 N–H and O–H groups in total. The van der Waals surface area contributed by atoms with Gasteiger partial charge in [-0.25, -0.2) is 4.79 Å². The molecule has 0 saturated carbocycles. The third kappa shape index (κ3) is 2.26. The highest BCUT2D eigenvalue weighted by atomic mass is 35.5. The monoisotopic (exact) mass is 219 g/mol. The molecule has 1 aromatic rings. The lowest BCUT2D eigenvalue weighted by atomic mass is 10.3. The van der Waals surface area contributed by atoms with Gasteiger partial charge in [-0.15, -0.1) is 0 Å². The topological polar surface area (TPSA) is 35.5 Å². The van der Waals surface area contributed by atoms with Crippen LogP contribution in [0.15, 0.2) is 12.1 Å². The molecule has 0 unspecified atom stereocenters. The lowest BCUT2D eigenvalue weighted by molar-refractivity contribution is 0.379. The molecule has 13 heavy (non-hydrogen) atoms. The van der Waals surface area contributed by atoms with E-state index in [2.05, 4.69) is 4.74 Å². The molecule has 0 fully saturated rings. The maximum atomic E-state index is 9.99. The zero-order valence-corrected chi connectivity index (χ0v) is 8.15. The average Bonchev–Trinajstić information content (AvgIpc) is 2.09. The van der Waals surface area contributed by atoms with Crippen LogP contribution in [0.5, 0.6) is 11.5 Å². The highest BCUT2D eigenvalue weighted by Crippen LogP contribution is 2.37. The summed E-state index contributed by atoms with van der Waals surface area (Å²) >= 11 is 11.4. The van der Waals surface area contributed by atoms with Gasteiger partial charge in [-0.1, -0.05) is 23.2 Å². The minimum Gasteiger partial charge on any atom is -0.493 e. The predicted molar refractivity (Wildman–Crippen MR) is 49.3 cm³/mol. The Labute approximate surface area is 85.2 Å². The zero-order chi connectivity index (χ0) is 9.84. The van der Waals surface area contributed by atoms with Crippen LogP contribution in [0, 0.1) is 0 Å². The molecule has 3 nitrogen and oxygen atoms in total. The van der Waals surface area contributed by atoms with Gasteiger partial charge in [0.05, 0.1) is 12.1 Å². The van der Waals surface area contributed by atoms with E-state index in [4.69, 9.17) is 27.9 Å². The molecule has 0 aliphatic heterocycles. The fourth-order valence-electron chi connectivity index (χ4n) is 0.829. The molecule has 0 bridgehead atoms. The summed E-state index contributed by atoms with van der Waals surface area (Å²) in [5.74, 6) is 0.407. The number of hydrogen-bond donors (Lipinski definition) is 0. The molecule has 0 saturated heterocycles. The summed E-state index contributed by atoms with van der Waals surface area (Å²) in [7, 11) is 1.42. The molecule has 69 valence electrons. The fourth-order valence-corrected chi connectivity index (χ4v) is 1.34. The second-order valence-corrected chi connectivity index (χ2v) is 2.95. The van der Waals surface area contributed by atoms with Crippen LogP contribution in [0.25, 0.3) is 0 Å². The van der Waals surface area contributed by atoms with E-state index in [1.807, 2.05) is 0 Å². The van der Waals surface area contributed by atoms with E-state index in [9.17, 15) is 4.79 Å². The number of hydrogen-bond acceptors (Lipinski definition) is 3. The van der Waals surface area contributed by atoms with Gasteiger partial charge in [0.25, 0.3) is 0 Å². The van der Waals surface area contributed by atoms with Crippen LogP contribution in [-0.2, 0) is 4.79 Å². The second-order valence-electron chi connectivity index (χ2n) is 2.10. The van der Waals surface area contributed by atoms with Crippen molar-refractivity contribution in [3.05, 3.63) is 22.2 Å². The molecule has 1 aromatic carbocycles. The molecule has 1 radical (unpaired) electrons. The van der Waals surface area contributed by atoms with E-state index in [0.717, 1.165) is 0 Å². The van der Waals surface area contributed by atoms with Gasteiger partial charge in [0.15, 0.2) is 11.5 Å². The smallest absolute Gasteiger partial charge is 0.423 e. The van der Waals surface area contributed by atoms with E-state index >= 15 is 0 Å². The van der Waals surface area contributed by atoms with Crippen molar-refractivity contribution in [2.24, 2.45) is 0 Å². The van der Waals surface area contributed by atoms with E-state index in [1.165, 1.54) is 25.7 Å². The Balaban J connectivity index is 3.20. The van der Waals surface area contributed by atoms with Gasteiger partial charge in [0.1, 0.15) is 0 Å². The Morgan fingerprint density at radius 3 is 2.62 bits per heavy atom. The summed E-state index contributed by atoms with van der Waals surface area (Å²) in [5.41, 5.74) is 0. The molecule has 0 aliphatic rings. The Morgan fingerprint density at radius 2 is 2.08 bits per heavy atom. The van der Waals surface area contributed by atoms with Gasteiger partial charge in [-0.2, -0.15) is 0 Å². The lowest BCUT2D eigenvalue weighted by Gasteiger charge is -2.07. The number of methoxy groups -OCH3 is 1. The molecule has 5 heteroatoms. The minimum atomic E-state index is 0.114. The standard InChI is InChI=1S/C8H5Cl2O3/c1-12-7-3-5(9)2-6(10)8(7)13-4-11/h2-3H,1H3. The van der Waals surface area contributed by atoms with Gasteiger partial charge in [0, 0.05) is 11.1 Å². The molecule has 0 aromatic heterocycles. The van der Waals surface area contributed by atoms with Gasteiger partial charge < -0.3 is 9.47 Å². The van der Waals surface area contributed by atoms with Gasteiger partial charge in [-0.3, -0.25) is 0 Å². The Kier molecular flexibility index (Phi) is 3.39. The van der Waals surface area contributed by atoms with Crippen LogP contribution in [0.3, 0.4) is 0 Å². The summed E-state index contributed by atoms with van der Waals surface area (Å²) in [6, 6.07) is 2.93. The molecule has 0 heterocycles. The van der Waals surface area contributed by atoms with Crippen LogP contribution >= 0.6 is 23.2 Å². The van der Waals surface area contributed by atoms with Crippen molar-refractivity contribution in [3.8, 4) is 11.5 Å². The largest absolute Gasteiger partial charge is 0.493 e. The molecule has 0 atom stereocenters. The number of halogens is 2. The van der Waals surface area contributed by atoms with E-state index < -0.39 is 0 Å². The van der Waals surface area contributed by atoms with Crippen molar-refractivity contribution in [2.45, 2.75) is 0 Å². The average molecular weight is 220 g/mol. The summed E-state index contributed by atoms with van der Waals surface area (Å²) in [5, 5.41) is 0.604. The summed E-state index contributed by atoms with van der Waals surface area (Å²) in [4.78, 5) is 9.99. The second kappa shape index (κ2) is 4.35. The summed E-state index contributed by atoms with van der Waals surface area (Å²) in [6.07, 6.45) is 0. The molecular weight excluding hydrogens is 215 g/mol. The van der Waals surface area contributed by atoms with E-state index in [0.29, 0.717) is 10.8 Å². The van der Waals surface area contributed by atoms with Gasteiger partial charge in [-0.05, 0) is 6.07 Å². The van der Waals surface area contributed by atoms with Crippen LogP contribution < -0.4 is 9.47 Å². The first-order chi connectivity index (χ1) is 6.19. The highest BCUT2D eigenvalue weighted by Gasteiger charge is 2.11. The Bertz CT molecular complexity index is 325. The SMILES string of the molecule is COc1cc(Cl)cc(Cl)c1O[C]=O. The van der Waals surface area contributed by atoms with E-state index in [1.54, 1.807) is 0 Å². The van der Waals surface area contributed by atoms with Crippen molar-refractivity contribution in [1.82, 2.24) is 0 Å². The fraction of sp³-hybridized carbons (Fsp3) is 0.125. The van der Waals surface area contributed by atoms with Crippen LogP contribution in [0.4, 0.5) is 0 Å². The summed E-state index contributed by atoms with van der Waals surface area (Å²) < 4.78 is 9.38. The number of carbonyl (C=O) groups excluding carboxylic acids is 1. The maximum absolute atomic E-state index is 9.99. The third-order valence-corrected chi connectivity index (χ3v) is 1.84. The molecule has 0 aliphatic carbocycles. The molecular formula is C8H5Cl2O3. The number of rotatable bonds is 3. The first kappa shape index (κ1) is 10.2. The third-order valence-electron chi connectivity index (χ3n) is 1.34. The van der Waals surface area contributed by atoms with Crippen molar-refractivity contribution in [2.75, 3.05) is 7.11 Å². The Hall–Kier alpha value is -0.930. The van der Waals surface area contributed by atoms with Crippen LogP contribution in [-0.4, -0.2) is 13.6 Å². The van der Waals surface area contributed by atoms with Crippen molar-refractivity contribution < 1.29 is 14.3 Å². The minimum absolute atomic E-state index is 0.114. The van der Waals surface area contributed by atoms with Gasteiger partial charge >= 0.3 is 6.47 Å². The van der Waals surface area contributed by atoms with Gasteiger partial charge in [0.2, 0.25) is 0 Å². The lowest BCUT2D eigenvalue weighted by Crippen LogP contribution is -1.94. The van der Waals surface area contributed by atoms with Crippen molar-refractivity contribution in [1.29, 1.82) is 0 Å². The first-order valence-corrected chi connectivity index (χ1v) is 4.01. The zero-order valence-electron chi connectivity index (χ0n) is 6.64. The molecule has 1 rings (SSSR count). The molecule has 0 spiro atoms. The van der Waals surface area contributed by atoms with Crippen LogP contribution in [0.2, 0.25) is 10.0 Å². The van der Waals surface area contributed by atoms with Crippen LogP contribution in [0.1, 0.15) is 0 Å². The highest BCUT2D eigenvalue weighted by molar-refractivity contribution is 6.36. The summed E-state index contributed by atoms with van der Waals surface area (Å²) in [6.45, 7) is 1.26. The maximum Gasteiger partial charge on any atom is 0.423 e. The van der Waals surface area contributed by atoms with Crippen molar-refractivity contribution in [3.63, 3.8) is 0 Å². The van der Waals surface area contributed by atoms with E-state index in [-0.39, 0.29) is 10.8 Å².